The molecule has 0 aliphatic carbocycles. The minimum atomic E-state index is 0.0242. The van der Waals surface area contributed by atoms with Crippen LogP contribution in [0.4, 0.5) is 5.69 Å². The highest BCUT2D eigenvalue weighted by atomic mass is 16.5. The Labute approximate surface area is 138 Å². The minimum Gasteiger partial charge on any atom is -0.491 e. The first-order chi connectivity index (χ1) is 11.1. The van der Waals surface area contributed by atoms with Crippen molar-refractivity contribution in [2.75, 3.05) is 32.2 Å². The van der Waals surface area contributed by atoms with E-state index in [0.717, 1.165) is 17.9 Å². The van der Waals surface area contributed by atoms with E-state index in [9.17, 15) is 0 Å². The van der Waals surface area contributed by atoms with E-state index in [2.05, 4.69) is 41.4 Å². The molecular formula is C19H26N2O2. The molecule has 0 aliphatic rings. The molecule has 0 saturated heterocycles. The van der Waals surface area contributed by atoms with Crippen LogP contribution >= 0.6 is 0 Å². The molecule has 0 radical (unpaired) electrons. The van der Waals surface area contributed by atoms with Gasteiger partial charge in [0.15, 0.2) is 0 Å². The van der Waals surface area contributed by atoms with Crippen molar-refractivity contribution in [3.63, 3.8) is 0 Å². The summed E-state index contributed by atoms with van der Waals surface area (Å²) in [6, 6.07) is 16.7. The number of hydrogen-bond acceptors (Lipinski definition) is 4. The number of para-hydroxylation sites is 1. The van der Waals surface area contributed by atoms with Gasteiger partial charge in [0.2, 0.25) is 0 Å². The van der Waals surface area contributed by atoms with Crippen LogP contribution in [-0.4, -0.2) is 32.4 Å². The van der Waals surface area contributed by atoms with Gasteiger partial charge in [0, 0.05) is 37.9 Å². The molecule has 0 bridgehead atoms. The Morgan fingerprint density at radius 3 is 2.43 bits per heavy atom. The molecule has 4 nitrogen and oxygen atoms in total. The number of hydrogen-bond donors (Lipinski definition) is 2. The summed E-state index contributed by atoms with van der Waals surface area (Å²) in [5.74, 6) is 0.823. The van der Waals surface area contributed by atoms with Crippen molar-refractivity contribution in [3.05, 3.63) is 59.7 Å². The molecule has 2 aromatic carbocycles. The zero-order valence-electron chi connectivity index (χ0n) is 14.1. The van der Waals surface area contributed by atoms with Crippen molar-refractivity contribution < 1.29 is 9.84 Å². The molecule has 0 amide bonds. The fraction of sp³-hybridized carbons (Fsp3) is 0.368. The Kier molecular flexibility index (Phi) is 6.44. The molecule has 4 heteroatoms. The van der Waals surface area contributed by atoms with Crippen molar-refractivity contribution in [2.24, 2.45) is 0 Å². The van der Waals surface area contributed by atoms with E-state index in [0.29, 0.717) is 6.61 Å². The van der Waals surface area contributed by atoms with Crippen LogP contribution in [0.2, 0.25) is 0 Å². The molecule has 2 rings (SSSR count). The van der Waals surface area contributed by atoms with E-state index in [-0.39, 0.29) is 12.6 Å². The van der Waals surface area contributed by atoms with Gasteiger partial charge in [-0.15, -0.1) is 0 Å². The predicted octanol–water partition coefficient (Wildman–Crippen LogP) is 2.97. The molecular weight excluding hydrogens is 288 g/mol. The average molecular weight is 314 g/mol. The van der Waals surface area contributed by atoms with Gasteiger partial charge < -0.3 is 20.1 Å². The number of nitrogens with one attached hydrogen (secondary N) is 1. The quantitative estimate of drug-likeness (QED) is 0.786. The van der Waals surface area contributed by atoms with Crippen LogP contribution in [0.5, 0.6) is 5.75 Å². The van der Waals surface area contributed by atoms with Gasteiger partial charge in [-0.25, -0.2) is 0 Å². The number of anilines is 1. The summed E-state index contributed by atoms with van der Waals surface area (Å²) in [4.78, 5) is 2.09. The van der Waals surface area contributed by atoms with E-state index >= 15 is 0 Å². The zero-order valence-corrected chi connectivity index (χ0v) is 14.1. The van der Waals surface area contributed by atoms with Crippen molar-refractivity contribution in [3.8, 4) is 5.75 Å². The summed E-state index contributed by atoms with van der Waals surface area (Å²) in [5, 5.41) is 12.4. The highest BCUT2D eigenvalue weighted by molar-refractivity contribution is 5.46. The molecule has 124 valence electrons. The highest BCUT2D eigenvalue weighted by Crippen LogP contribution is 2.21. The van der Waals surface area contributed by atoms with Gasteiger partial charge in [-0.1, -0.05) is 30.3 Å². The van der Waals surface area contributed by atoms with Crippen molar-refractivity contribution in [1.82, 2.24) is 5.32 Å². The lowest BCUT2D eigenvalue weighted by Crippen LogP contribution is -2.19. The number of aliphatic hydroxyl groups is 1. The van der Waals surface area contributed by atoms with Crippen LogP contribution < -0.4 is 15.0 Å². The SMILES string of the molecule is CC(NCc1ccccc1OCCO)c1ccc(N(C)C)cc1. The maximum absolute atomic E-state index is 8.90. The maximum atomic E-state index is 8.90. The summed E-state index contributed by atoms with van der Waals surface area (Å²) < 4.78 is 5.57. The first-order valence-corrected chi connectivity index (χ1v) is 7.94. The standard InChI is InChI=1S/C19H26N2O2/c1-15(16-8-10-18(11-9-16)21(2)3)20-14-17-6-4-5-7-19(17)23-13-12-22/h4-11,15,20,22H,12-14H2,1-3H3. The minimum absolute atomic E-state index is 0.0242. The summed E-state index contributed by atoms with van der Waals surface area (Å²) in [6.45, 7) is 3.22. The third-order valence-corrected chi connectivity index (χ3v) is 3.83. The topological polar surface area (TPSA) is 44.7 Å². The van der Waals surface area contributed by atoms with E-state index in [1.165, 1.54) is 11.3 Å². The van der Waals surface area contributed by atoms with E-state index in [1.54, 1.807) is 0 Å². The van der Waals surface area contributed by atoms with Crippen LogP contribution in [-0.2, 0) is 6.54 Å². The summed E-state index contributed by atoms with van der Waals surface area (Å²) in [5.41, 5.74) is 3.55. The first-order valence-electron chi connectivity index (χ1n) is 7.94. The number of nitrogens with zero attached hydrogens (tertiary/aromatic N) is 1. The number of benzene rings is 2. The average Bonchev–Trinajstić information content (AvgIpc) is 2.58. The molecule has 2 aromatic rings. The Hall–Kier alpha value is -2.04. The zero-order chi connectivity index (χ0) is 16.7. The molecule has 0 saturated carbocycles. The second-order valence-electron chi connectivity index (χ2n) is 5.77. The summed E-state index contributed by atoms with van der Waals surface area (Å²) in [6.07, 6.45) is 0. The monoisotopic (exact) mass is 314 g/mol. The maximum Gasteiger partial charge on any atom is 0.123 e. The van der Waals surface area contributed by atoms with Gasteiger partial charge in [0.1, 0.15) is 12.4 Å². The van der Waals surface area contributed by atoms with E-state index in [1.807, 2.05) is 38.4 Å². The Morgan fingerprint density at radius 2 is 1.78 bits per heavy atom. The Balaban J connectivity index is 1.97. The number of rotatable bonds is 8. The van der Waals surface area contributed by atoms with Gasteiger partial charge in [0.25, 0.3) is 0 Å². The molecule has 0 fully saturated rings. The van der Waals surface area contributed by atoms with Crippen LogP contribution in [0, 0.1) is 0 Å². The molecule has 0 heterocycles. The lowest BCUT2D eigenvalue weighted by Gasteiger charge is -2.18. The normalized spacial score (nSPS) is 12.0. The molecule has 1 atom stereocenters. The highest BCUT2D eigenvalue weighted by Gasteiger charge is 2.08. The van der Waals surface area contributed by atoms with Crippen LogP contribution in [0.25, 0.3) is 0 Å². The second-order valence-corrected chi connectivity index (χ2v) is 5.77. The third kappa shape index (κ3) is 4.98. The Morgan fingerprint density at radius 1 is 1.09 bits per heavy atom. The second kappa shape index (κ2) is 8.56. The lowest BCUT2D eigenvalue weighted by atomic mass is 10.1. The van der Waals surface area contributed by atoms with Gasteiger partial charge >= 0.3 is 0 Å². The van der Waals surface area contributed by atoms with Crippen LogP contribution in [0.15, 0.2) is 48.5 Å². The van der Waals surface area contributed by atoms with E-state index < -0.39 is 0 Å². The predicted molar refractivity (Wildman–Crippen MR) is 95.0 cm³/mol. The molecule has 0 spiro atoms. The summed E-state index contributed by atoms with van der Waals surface area (Å²) >= 11 is 0. The van der Waals surface area contributed by atoms with Crippen LogP contribution in [0.3, 0.4) is 0 Å². The third-order valence-electron chi connectivity index (χ3n) is 3.83. The van der Waals surface area contributed by atoms with Crippen molar-refractivity contribution in [2.45, 2.75) is 19.5 Å². The Bertz CT molecular complexity index is 597. The number of ether oxygens (including phenoxy) is 1. The van der Waals surface area contributed by atoms with Crippen molar-refractivity contribution >= 4 is 5.69 Å². The molecule has 0 aliphatic heterocycles. The fourth-order valence-electron chi connectivity index (χ4n) is 2.39. The first kappa shape index (κ1) is 17.3. The van der Waals surface area contributed by atoms with Gasteiger partial charge in [-0.2, -0.15) is 0 Å². The van der Waals surface area contributed by atoms with Crippen molar-refractivity contribution in [1.29, 1.82) is 0 Å². The molecule has 23 heavy (non-hydrogen) atoms. The lowest BCUT2D eigenvalue weighted by molar-refractivity contribution is 0.200. The smallest absolute Gasteiger partial charge is 0.123 e. The van der Waals surface area contributed by atoms with E-state index in [4.69, 9.17) is 9.84 Å². The van der Waals surface area contributed by atoms with Gasteiger partial charge in [-0.3, -0.25) is 0 Å². The fourth-order valence-corrected chi connectivity index (χ4v) is 2.39. The molecule has 0 aromatic heterocycles. The molecule has 1 unspecified atom stereocenters. The van der Waals surface area contributed by atoms with Crippen LogP contribution in [0.1, 0.15) is 24.1 Å². The number of aliphatic hydroxyl groups excluding tert-OH is 1. The largest absolute Gasteiger partial charge is 0.491 e. The summed E-state index contributed by atoms with van der Waals surface area (Å²) in [7, 11) is 4.08. The van der Waals surface area contributed by atoms with Gasteiger partial charge in [-0.05, 0) is 30.7 Å². The van der Waals surface area contributed by atoms with Gasteiger partial charge in [0.05, 0.1) is 6.61 Å². The molecule has 2 N–H and O–H groups in total.